The van der Waals surface area contributed by atoms with Gasteiger partial charge in [-0.05, 0) is 96.3 Å². The minimum Gasteiger partial charge on any atom is -0.477 e. The van der Waals surface area contributed by atoms with E-state index < -0.39 is 24.3 Å². The van der Waals surface area contributed by atoms with Crippen molar-refractivity contribution >= 4 is 17.9 Å². The number of carboxylic acids is 1. The Morgan fingerprint density at radius 2 is 0.740 bits per heavy atom. The molecule has 77 heavy (non-hydrogen) atoms. The van der Waals surface area contributed by atoms with E-state index in [1.807, 2.05) is 21.1 Å². The molecule has 0 aliphatic heterocycles. The van der Waals surface area contributed by atoms with Crippen molar-refractivity contribution in [2.45, 2.75) is 270 Å². The van der Waals surface area contributed by atoms with E-state index in [1.54, 1.807) is 0 Å². The fourth-order valence-corrected chi connectivity index (χ4v) is 8.52. The molecule has 0 fully saturated rings. The Morgan fingerprint density at radius 1 is 0.403 bits per heavy atom. The Balaban J connectivity index is 4.26. The van der Waals surface area contributed by atoms with Crippen molar-refractivity contribution in [3.05, 3.63) is 97.2 Å². The molecule has 9 heteroatoms. The number of ether oxygens (including phenoxy) is 4. The second-order valence-corrected chi connectivity index (χ2v) is 22.0. The molecular weight excluding hydrogens is 959 g/mol. The van der Waals surface area contributed by atoms with Crippen LogP contribution in [0.25, 0.3) is 0 Å². The molecule has 0 saturated heterocycles. The molecule has 0 aromatic carbocycles. The van der Waals surface area contributed by atoms with E-state index in [-0.39, 0.29) is 32.2 Å². The van der Waals surface area contributed by atoms with Crippen LogP contribution in [0.1, 0.15) is 258 Å². The summed E-state index contributed by atoms with van der Waals surface area (Å²) in [6.45, 7) is 4.74. The van der Waals surface area contributed by atoms with Crippen molar-refractivity contribution in [2.24, 2.45) is 0 Å². The van der Waals surface area contributed by atoms with Crippen molar-refractivity contribution < 1.29 is 42.9 Å². The zero-order chi connectivity index (χ0) is 56.2. The molecule has 0 amide bonds. The lowest BCUT2D eigenvalue weighted by Crippen LogP contribution is -2.40. The third kappa shape index (κ3) is 59.7. The molecule has 0 heterocycles. The fraction of sp³-hybridized carbons (Fsp3) is 0.721. The second kappa shape index (κ2) is 58.4. The van der Waals surface area contributed by atoms with E-state index in [4.69, 9.17) is 18.9 Å². The summed E-state index contributed by atoms with van der Waals surface area (Å²) in [6.07, 6.45) is 76.4. The van der Waals surface area contributed by atoms with Crippen LogP contribution in [0, 0.1) is 0 Å². The van der Waals surface area contributed by atoms with Crippen LogP contribution in [0.2, 0.25) is 0 Å². The van der Waals surface area contributed by atoms with Crippen molar-refractivity contribution in [1.82, 2.24) is 0 Å². The monoisotopic (exact) mass is 1080 g/mol. The number of hydrogen-bond donors (Lipinski definition) is 1. The Morgan fingerprint density at radius 3 is 1.13 bits per heavy atom. The number of likely N-dealkylation sites (N-methyl/N-ethyl adjacent to an activating group) is 1. The van der Waals surface area contributed by atoms with Crippen molar-refractivity contribution in [3.63, 3.8) is 0 Å². The quantitative estimate of drug-likeness (QED) is 0.0211. The van der Waals surface area contributed by atoms with Gasteiger partial charge in [0.15, 0.2) is 6.10 Å². The van der Waals surface area contributed by atoms with Crippen molar-refractivity contribution in [3.8, 4) is 0 Å². The summed E-state index contributed by atoms with van der Waals surface area (Å²) >= 11 is 0. The predicted molar refractivity (Wildman–Crippen MR) is 327 cm³/mol. The molecule has 2 atom stereocenters. The number of quaternary nitrogens is 1. The first-order valence-electron chi connectivity index (χ1n) is 31.4. The van der Waals surface area contributed by atoms with Crippen LogP contribution in [0.4, 0.5) is 0 Å². The minimum atomic E-state index is -1.53. The van der Waals surface area contributed by atoms with E-state index >= 15 is 0 Å². The number of hydrogen-bond acceptors (Lipinski definition) is 7. The summed E-state index contributed by atoms with van der Waals surface area (Å²) in [5, 5.41) is 9.72. The van der Waals surface area contributed by atoms with E-state index in [9.17, 15) is 19.5 Å². The van der Waals surface area contributed by atoms with Gasteiger partial charge < -0.3 is 28.5 Å². The lowest BCUT2D eigenvalue weighted by atomic mass is 10.0. The van der Waals surface area contributed by atoms with E-state index in [0.29, 0.717) is 23.9 Å². The van der Waals surface area contributed by atoms with E-state index in [2.05, 4.69) is 111 Å². The second-order valence-electron chi connectivity index (χ2n) is 22.0. The van der Waals surface area contributed by atoms with Crippen LogP contribution in [0.3, 0.4) is 0 Å². The standard InChI is InChI=1S/C68H117NO8/c1-6-8-10-12-14-16-18-20-22-24-26-28-30-32-33-35-36-38-40-42-44-46-48-50-52-54-56-58-65(70)75-62-64(63-76-68(67(72)73)74-61-60-69(3,4)5)77-66(71)59-57-55-53-51-49-47-45-43-41-39-37-34-31-29-27-25-23-21-19-17-15-13-11-9-7-2/h9,11,15,17,21,23-24,26-27,29,34,37,41,43,47,49,64,68H,6-8,10,12-14,16,18-20,22,25,28,30-33,35-36,38-40,42,44-46,48,50-63H2,1-5H3/p+1/b11-9-,17-15-,23-21-,26-24-,29-27-,37-34-,43-41-,49-47-. The average Bonchev–Trinajstić information content (AvgIpc) is 3.40. The molecule has 9 nitrogen and oxygen atoms in total. The molecule has 0 bridgehead atoms. The molecule has 1 N–H and O–H groups in total. The van der Waals surface area contributed by atoms with E-state index in [1.165, 1.54) is 141 Å². The maximum atomic E-state index is 12.9. The first-order valence-corrected chi connectivity index (χ1v) is 31.4. The van der Waals surface area contributed by atoms with E-state index in [0.717, 1.165) is 83.5 Å². The molecule has 0 spiro atoms. The number of unbranched alkanes of at least 4 members (excludes halogenated alkanes) is 26. The summed E-state index contributed by atoms with van der Waals surface area (Å²) in [7, 11) is 5.96. The number of allylic oxidation sites excluding steroid dienone is 16. The molecule has 0 rings (SSSR count). The van der Waals surface area contributed by atoms with Gasteiger partial charge in [-0.3, -0.25) is 9.59 Å². The highest BCUT2D eigenvalue weighted by Gasteiger charge is 2.25. The number of nitrogens with zero attached hydrogens (tertiary/aromatic N) is 1. The zero-order valence-electron chi connectivity index (χ0n) is 50.3. The summed E-state index contributed by atoms with van der Waals surface area (Å²) < 4.78 is 22.9. The van der Waals surface area contributed by atoms with Gasteiger partial charge >= 0.3 is 17.9 Å². The first-order chi connectivity index (χ1) is 37.6. The number of aliphatic carboxylic acids is 1. The molecule has 0 aromatic heterocycles. The van der Waals surface area contributed by atoms with Crippen LogP contribution in [0.15, 0.2) is 97.2 Å². The highest BCUT2D eigenvalue weighted by Crippen LogP contribution is 2.16. The van der Waals surface area contributed by atoms with Gasteiger partial charge in [0.25, 0.3) is 6.29 Å². The lowest BCUT2D eigenvalue weighted by Gasteiger charge is -2.25. The number of carbonyl (C=O) groups is 3. The summed E-state index contributed by atoms with van der Waals surface area (Å²) in [5.74, 6) is -2.05. The van der Waals surface area contributed by atoms with Crippen LogP contribution in [-0.4, -0.2) is 87.4 Å². The minimum absolute atomic E-state index is 0.177. The van der Waals surface area contributed by atoms with Gasteiger partial charge in [-0.15, -0.1) is 0 Å². The molecule has 0 aliphatic carbocycles. The molecule has 0 saturated carbocycles. The van der Waals surface area contributed by atoms with Gasteiger partial charge in [-0.1, -0.05) is 246 Å². The lowest BCUT2D eigenvalue weighted by molar-refractivity contribution is -0.870. The third-order valence-electron chi connectivity index (χ3n) is 13.3. The number of carboxylic acid groups (broad SMARTS) is 1. The average molecular weight is 1080 g/mol. The SMILES string of the molecule is CC/C=C\C/C=C\C/C=C\C/C=C\C/C=C\C/C=C\C/C=C\CCCCCC(=O)OC(COC(=O)CCCCCCCCCCCCCCCCC/C=C\CCCCCCCCCC)COC(OCC[N+](C)(C)C)C(=O)O. The normalized spacial score (nSPS) is 13.4. The Kier molecular flexibility index (Phi) is 55.5. The first kappa shape index (κ1) is 73.2. The van der Waals surface area contributed by atoms with Crippen molar-refractivity contribution in [1.29, 1.82) is 0 Å². The summed E-state index contributed by atoms with van der Waals surface area (Å²) in [5.41, 5.74) is 0. The van der Waals surface area contributed by atoms with Crippen LogP contribution >= 0.6 is 0 Å². The number of rotatable bonds is 57. The molecule has 442 valence electrons. The van der Waals surface area contributed by atoms with Gasteiger partial charge in [0.05, 0.1) is 34.4 Å². The maximum absolute atomic E-state index is 12.9. The van der Waals surface area contributed by atoms with Crippen LogP contribution in [0.5, 0.6) is 0 Å². The van der Waals surface area contributed by atoms with Crippen LogP contribution < -0.4 is 0 Å². The van der Waals surface area contributed by atoms with Crippen molar-refractivity contribution in [2.75, 3.05) is 47.5 Å². The molecular formula is C68H118NO8+. The van der Waals surface area contributed by atoms with Gasteiger partial charge in [-0.2, -0.15) is 0 Å². The smallest absolute Gasteiger partial charge is 0.361 e. The molecule has 0 aliphatic rings. The largest absolute Gasteiger partial charge is 0.477 e. The molecule has 0 radical (unpaired) electrons. The highest BCUT2D eigenvalue weighted by molar-refractivity contribution is 5.71. The van der Waals surface area contributed by atoms with Gasteiger partial charge in [0.2, 0.25) is 0 Å². The van der Waals surface area contributed by atoms with Gasteiger partial charge in [-0.25, -0.2) is 4.79 Å². The fourth-order valence-electron chi connectivity index (χ4n) is 8.52. The third-order valence-corrected chi connectivity index (χ3v) is 13.3. The summed E-state index contributed by atoms with van der Waals surface area (Å²) in [4.78, 5) is 37.5. The Bertz CT molecular complexity index is 1580. The van der Waals surface area contributed by atoms with Gasteiger partial charge in [0, 0.05) is 12.8 Å². The zero-order valence-corrected chi connectivity index (χ0v) is 50.3. The predicted octanol–water partition coefficient (Wildman–Crippen LogP) is 18.9. The van der Waals surface area contributed by atoms with Crippen LogP contribution in [-0.2, 0) is 33.3 Å². The molecule has 2 unspecified atom stereocenters. The summed E-state index contributed by atoms with van der Waals surface area (Å²) in [6, 6.07) is 0. The Labute approximate surface area is 473 Å². The topological polar surface area (TPSA) is 108 Å². The maximum Gasteiger partial charge on any atom is 0.361 e. The number of carbonyl (C=O) groups excluding carboxylic acids is 2. The van der Waals surface area contributed by atoms with Gasteiger partial charge in [0.1, 0.15) is 13.2 Å². The molecule has 0 aromatic rings. The number of esters is 2. The Hall–Kier alpha value is -3.79. The highest BCUT2D eigenvalue weighted by atomic mass is 16.7.